The van der Waals surface area contributed by atoms with E-state index in [2.05, 4.69) is 4.98 Å². The van der Waals surface area contributed by atoms with Crippen LogP contribution in [0.15, 0.2) is 29.3 Å². The van der Waals surface area contributed by atoms with Crippen molar-refractivity contribution in [2.75, 3.05) is 26.2 Å². The molecule has 2 aliphatic rings. The Balaban J connectivity index is 1.51. The van der Waals surface area contributed by atoms with Crippen molar-refractivity contribution in [2.24, 2.45) is 0 Å². The normalized spacial score (nSPS) is 18.9. The fourth-order valence-corrected chi connectivity index (χ4v) is 3.95. The van der Waals surface area contributed by atoms with E-state index in [1.165, 1.54) is 0 Å². The predicted molar refractivity (Wildman–Crippen MR) is 96.8 cm³/mol. The van der Waals surface area contributed by atoms with E-state index in [-0.39, 0.29) is 17.6 Å². The molecule has 0 aliphatic carbocycles. The molecule has 0 atom stereocenters. The first-order valence-electron chi connectivity index (χ1n) is 9.15. The van der Waals surface area contributed by atoms with Gasteiger partial charge < -0.3 is 9.80 Å². The van der Waals surface area contributed by atoms with Crippen molar-refractivity contribution in [3.63, 3.8) is 0 Å². The zero-order valence-electron chi connectivity index (χ0n) is 14.6. The second-order valence-electron chi connectivity index (χ2n) is 7.17. The van der Waals surface area contributed by atoms with Crippen LogP contribution in [-0.2, 0) is 0 Å². The number of piperidine rings is 1. The lowest BCUT2D eigenvalue weighted by Crippen LogP contribution is -2.46. The highest BCUT2D eigenvalue weighted by Crippen LogP contribution is 2.23. The summed E-state index contributed by atoms with van der Waals surface area (Å²) in [5.41, 5.74) is 1.83. The number of likely N-dealkylation sites (tertiary alicyclic amines) is 2. The Bertz CT molecular complexity index is 846. The van der Waals surface area contributed by atoms with Gasteiger partial charge in [-0.3, -0.25) is 9.36 Å². The number of carbonyl (C=O) groups is 1. The van der Waals surface area contributed by atoms with Crippen LogP contribution in [0.3, 0.4) is 0 Å². The molecule has 2 fully saturated rings. The summed E-state index contributed by atoms with van der Waals surface area (Å²) in [6.45, 7) is 5.16. The first-order valence-corrected chi connectivity index (χ1v) is 9.15. The van der Waals surface area contributed by atoms with Crippen molar-refractivity contribution in [1.29, 1.82) is 0 Å². The first-order chi connectivity index (χ1) is 12.1. The molecule has 2 amide bonds. The molecular weight excluding hydrogens is 316 g/mol. The van der Waals surface area contributed by atoms with Gasteiger partial charge in [-0.15, -0.1) is 0 Å². The predicted octanol–water partition coefficient (Wildman–Crippen LogP) is 2.56. The van der Waals surface area contributed by atoms with E-state index in [1.807, 2.05) is 34.9 Å². The zero-order valence-corrected chi connectivity index (χ0v) is 14.6. The van der Waals surface area contributed by atoms with Gasteiger partial charge in [0.1, 0.15) is 0 Å². The summed E-state index contributed by atoms with van der Waals surface area (Å²) in [6, 6.07) is 6.06. The summed E-state index contributed by atoms with van der Waals surface area (Å²) in [4.78, 5) is 33.7. The van der Waals surface area contributed by atoms with Crippen LogP contribution < -0.4 is 5.56 Å². The highest BCUT2D eigenvalue weighted by Gasteiger charge is 2.28. The van der Waals surface area contributed by atoms with Crippen LogP contribution in [-0.4, -0.2) is 51.6 Å². The SMILES string of the molecule is Cc1ccc2ncn(C3CCN(C(=O)N4CCCC4)CC3)c(=O)c2c1. The Hall–Kier alpha value is -2.37. The molecule has 4 rings (SSSR count). The van der Waals surface area contributed by atoms with Crippen molar-refractivity contribution >= 4 is 16.9 Å². The second-order valence-corrected chi connectivity index (χ2v) is 7.17. The van der Waals surface area contributed by atoms with E-state index < -0.39 is 0 Å². The van der Waals surface area contributed by atoms with Crippen molar-refractivity contribution < 1.29 is 4.79 Å². The molecule has 3 heterocycles. The molecule has 0 unspecified atom stereocenters. The standard InChI is InChI=1S/C19H24N4O2/c1-14-4-5-17-16(12-14)18(24)23(13-20-17)15-6-10-22(11-7-15)19(25)21-8-2-3-9-21/h4-5,12-13,15H,2-3,6-11H2,1H3. The Labute approximate surface area is 147 Å². The zero-order chi connectivity index (χ0) is 17.4. The highest BCUT2D eigenvalue weighted by atomic mass is 16.2. The molecule has 0 saturated carbocycles. The van der Waals surface area contributed by atoms with E-state index in [9.17, 15) is 9.59 Å². The van der Waals surface area contributed by atoms with Gasteiger partial charge in [0.05, 0.1) is 17.2 Å². The van der Waals surface area contributed by atoms with Gasteiger partial charge in [-0.1, -0.05) is 11.6 Å². The maximum Gasteiger partial charge on any atom is 0.319 e. The molecule has 25 heavy (non-hydrogen) atoms. The maximum atomic E-state index is 12.8. The monoisotopic (exact) mass is 340 g/mol. The summed E-state index contributed by atoms with van der Waals surface area (Å²) < 4.78 is 1.76. The number of fused-ring (bicyclic) bond motifs is 1. The lowest BCUT2D eigenvalue weighted by Gasteiger charge is -2.35. The van der Waals surface area contributed by atoms with Crippen molar-refractivity contribution in [1.82, 2.24) is 19.4 Å². The third-order valence-corrected chi connectivity index (χ3v) is 5.44. The topological polar surface area (TPSA) is 58.4 Å². The molecule has 0 radical (unpaired) electrons. The van der Waals surface area contributed by atoms with Crippen LogP contribution in [0.4, 0.5) is 4.79 Å². The molecule has 2 saturated heterocycles. The fourth-order valence-electron chi connectivity index (χ4n) is 3.95. The molecule has 132 valence electrons. The number of aryl methyl sites for hydroxylation is 1. The number of amides is 2. The van der Waals surface area contributed by atoms with E-state index >= 15 is 0 Å². The summed E-state index contributed by atoms with van der Waals surface area (Å²) in [6.07, 6.45) is 5.50. The molecule has 0 bridgehead atoms. The Morgan fingerprint density at radius 2 is 1.76 bits per heavy atom. The molecule has 6 nitrogen and oxygen atoms in total. The number of aromatic nitrogens is 2. The quantitative estimate of drug-likeness (QED) is 0.802. The Kier molecular flexibility index (Phi) is 4.19. The van der Waals surface area contributed by atoms with Crippen molar-refractivity contribution in [2.45, 2.75) is 38.6 Å². The summed E-state index contributed by atoms with van der Waals surface area (Å²) in [7, 11) is 0. The van der Waals surface area contributed by atoms with E-state index in [1.54, 1.807) is 10.9 Å². The smallest absolute Gasteiger partial charge is 0.319 e. The average molecular weight is 340 g/mol. The number of benzene rings is 1. The third-order valence-electron chi connectivity index (χ3n) is 5.44. The first kappa shape index (κ1) is 16.1. The largest absolute Gasteiger partial charge is 0.325 e. The van der Waals surface area contributed by atoms with Crippen LogP contribution >= 0.6 is 0 Å². The van der Waals surface area contributed by atoms with Crippen molar-refractivity contribution in [3.8, 4) is 0 Å². The molecule has 2 aromatic rings. The van der Waals surface area contributed by atoms with Gasteiger partial charge in [-0.25, -0.2) is 9.78 Å². The number of hydrogen-bond donors (Lipinski definition) is 0. The van der Waals surface area contributed by atoms with E-state index in [0.29, 0.717) is 18.5 Å². The molecular formula is C19H24N4O2. The minimum Gasteiger partial charge on any atom is -0.325 e. The van der Waals surface area contributed by atoms with Gasteiger partial charge in [0, 0.05) is 32.2 Å². The minimum absolute atomic E-state index is 0.0259. The van der Waals surface area contributed by atoms with E-state index in [0.717, 1.165) is 49.9 Å². The number of rotatable bonds is 1. The highest BCUT2D eigenvalue weighted by molar-refractivity contribution is 5.78. The average Bonchev–Trinajstić information content (AvgIpc) is 3.17. The Morgan fingerprint density at radius 1 is 1.08 bits per heavy atom. The third kappa shape index (κ3) is 3.01. The van der Waals surface area contributed by atoms with Gasteiger partial charge in [-0.2, -0.15) is 0 Å². The summed E-state index contributed by atoms with van der Waals surface area (Å²) in [5, 5.41) is 0.679. The van der Waals surface area contributed by atoms with Crippen LogP contribution in [0.5, 0.6) is 0 Å². The maximum absolute atomic E-state index is 12.8. The molecule has 0 N–H and O–H groups in total. The Morgan fingerprint density at radius 3 is 2.48 bits per heavy atom. The number of hydrogen-bond acceptors (Lipinski definition) is 3. The molecule has 1 aromatic carbocycles. The van der Waals surface area contributed by atoms with Crippen LogP contribution in [0.1, 0.15) is 37.3 Å². The molecule has 0 spiro atoms. The van der Waals surface area contributed by atoms with Gasteiger partial charge >= 0.3 is 6.03 Å². The number of carbonyl (C=O) groups excluding carboxylic acids is 1. The van der Waals surface area contributed by atoms with Gasteiger partial charge in [0.2, 0.25) is 0 Å². The van der Waals surface area contributed by atoms with Gasteiger partial charge in [0.15, 0.2) is 0 Å². The molecule has 1 aromatic heterocycles. The van der Waals surface area contributed by atoms with E-state index in [4.69, 9.17) is 0 Å². The molecule has 6 heteroatoms. The number of urea groups is 1. The van der Waals surface area contributed by atoms with Gasteiger partial charge in [0.25, 0.3) is 5.56 Å². The number of nitrogens with zero attached hydrogens (tertiary/aromatic N) is 4. The minimum atomic E-state index is 0.0259. The van der Waals surface area contributed by atoms with Crippen LogP contribution in [0.2, 0.25) is 0 Å². The molecule has 2 aliphatic heterocycles. The fraction of sp³-hybridized carbons (Fsp3) is 0.526. The second kappa shape index (κ2) is 6.50. The van der Waals surface area contributed by atoms with Crippen LogP contribution in [0.25, 0.3) is 10.9 Å². The lowest BCUT2D eigenvalue weighted by atomic mass is 10.0. The summed E-state index contributed by atoms with van der Waals surface area (Å²) in [5.74, 6) is 0. The van der Waals surface area contributed by atoms with Gasteiger partial charge in [-0.05, 0) is 44.7 Å². The lowest BCUT2D eigenvalue weighted by molar-refractivity contribution is 0.141. The van der Waals surface area contributed by atoms with Crippen molar-refractivity contribution in [3.05, 3.63) is 40.4 Å². The van der Waals surface area contributed by atoms with Crippen LogP contribution in [0, 0.1) is 6.92 Å². The summed E-state index contributed by atoms with van der Waals surface area (Å²) >= 11 is 0.